The van der Waals surface area contributed by atoms with Gasteiger partial charge in [-0.15, -0.1) is 5.10 Å². The molecule has 0 N–H and O–H groups in total. The van der Waals surface area contributed by atoms with Crippen LogP contribution in [0.4, 0.5) is 0 Å². The van der Waals surface area contributed by atoms with Crippen molar-refractivity contribution < 1.29 is 4.79 Å². The number of likely N-dealkylation sites (tertiary alicyclic amines) is 1. The van der Waals surface area contributed by atoms with Gasteiger partial charge in [0.1, 0.15) is 0 Å². The molecule has 27 heavy (non-hydrogen) atoms. The first-order chi connectivity index (χ1) is 13.2. The van der Waals surface area contributed by atoms with E-state index in [1.54, 1.807) is 0 Å². The molecule has 5 nitrogen and oxygen atoms in total. The van der Waals surface area contributed by atoms with Gasteiger partial charge in [0.25, 0.3) is 5.91 Å². The van der Waals surface area contributed by atoms with Gasteiger partial charge < -0.3 is 4.90 Å². The fourth-order valence-electron chi connectivity index (χ4n) is 3.56. The molecule has 2 aliphatic rings. The summed E-state index contributed by atoms with van der Waals surface area (Å²) in [4.78, 5) is 14.6. The van der Waals surface area contributed by atoms with Crippen LogP contribution in [0, 0.1) is 6.92 Å². The Kier molecular flexibility index (Phi) is 3.81. The van der Waals surface area contributed by atoms with Crippen LogP contribution in [-0.2, 0) is 0 Å². The summed E-state index contributed by atoms with van der Waals surface area (Å²) in [5.74, 6) is 0.702. The Labute approximate surface area is 158 Å². The molecule has 1 aliphatic heterocycles. The zero-order valence-corrected chi connectivity index (χ0v) is 15.4. The minimum atomic E-state index is 0.0873. The number of carbonyl (C=O) groups is 1. The van der Waals surface area contributed by atoms with Crippen LogP contribution in [0.15, 0.2) is 54.7 Å². The molecule has 2 fully saturated rings. The molecule has 2 aromatic carbocycles. The highest BCUT2D eigenvalue weighted by Gasteiger charge is 2.34. The van der Waals surface area contributed by atoms with Gasteiger partial charge in [0.05, 0.1) is 11.7 Å². The van der Waals surface area contributed by atoms with Crippen LogP contribution in [0.1, 0.15) is 46.4 Å². The van der Waals surface area contributed by atoms with Crippen LogP contribution in [0.2, 0.25) is 0 Å². The predicted molar refractivity (Wildman–Crippen MR) is 104 cm³/mol. The van der Waals surface area contributed by atoms with Crippen molar-refractivity contribution in [3.05, 3.63) is 71.5 Å². The smallest absolute Gasteiger partial charge is 0.253 e. The van der Waals surface area contributed by atoms with E-state index >= 15 is 0 Å². The van der Waals surface area contributed by atoms with Gasteiger partial charge in [-0.2, -0.15) is 0 Å². The third-order valence-electron chi connectivity index (χ3n) is 5.56. The number of hydrogen-bond acceptors (Lipinski definition) is 3. The molecule has 3 aromatic rings. The van der Waals surface area contributed by atoms with E-state index in [1.165, 1.54) is 24.0 Å². The summed E-state index contributed by atoms with van der Waals surface area (Å²) < 4.78 is 1.93. The number of benzene rings is 2. The average molecular weight is 358 g/mol. The van der Waals surface area contributed by atoms with Crippen molar-refractivity contribution in [2.24, 2.45) is 0 Å². The van der Waals surface area contributed by atoms with E-state index in [-0.39, 0.29) is 11.9 Å². The van der Waals surface area contributed by atoms with Gasteiger partial charge in [0, 0.05) is 30.8 Å². The van der Waals surface area contributed by atoms with Crippen molar-refractivity contribution in [3.8, 4) is 11.1 Å². The number of aromatic nitrogens is 3. The zero-order chi connectivity index (χ0) is 18.4. The second kappa shape index (κ2) is 6.34. The normalized spacial score (nSPS) is 17.0. The number of aryl methyl sites for hydroxylation is 1. The standard InChI is InChI=1S/C22H22N4O/c1-15-2-4-16(5-3-15)17-6-10-19(11-7-17)22(27)25-12-20(13-25)26-14-21(23-24-26)18-8-9-18/h2-7,10-11,14,18,20H,8-9,12-13H2,1H3. The van der Waals surface area contributed by atoms with E-state index in [0.29, 0.717) is 19.0 Å². The molecule has 1 aromatic heterocycles. The molecule has 5 rings (SSSR count). The van der Waals surface area contributed by atoms with Crippen molar-refractivity contribution >= 4 is 5.91 Å². The number of rotatable bonds is 4. The minimum absolute atomic E-state index is 0.0873. The Bertz CT molecular complexity index is 964. The van der Waals surface area contributed by atoms with E-state index < -0.39 is 0 Å². The SMILES string of the molecule is Cc1ccc(-c2ccc(C(=O)N3CC(n4cc(C5CC5)nn4)C3)cc2)cc1. The Morgan fingerprint density at radius 3 is 2.22 bits per heavy atom. The van der Waals surface area contributed by atoms with Crippen LogP contribution < -0.4 is 0 Å². The fourth-order valence-corrected chi connectivity index (χ4v) is 3.56. The topological polar surface area (TPSA) is 51.0 Å². The monoisotopic (exact) mass is 358 g/mol. The number of nitrogens with zero attached hydrogens (tertiary/aromatic N) is 4. The summed E-state index contributed by atoms with van der Waals surface area (Å²) >= 11 is 0. The van der Waals surface area contributed by atoms with E-state index in [4.69, 9.17) is 0 Å². The molecule has 1 saturated heterocycles. The second-order valence-corrected chi connectivity index (χ2v) is 7.71. The molecule has 5 heteroatoms. The Morgan fingerprint density at radius 1 is 0.963 bits per heavy atom. The van der Waals surface area contributed by atoms with Crippen LogP contribution in [-0.4, -0.2) is 38.9 Å². The molecular formula is C22H22N4O. The minimum Gasteiger partial charge on any atom is -0.334 e. The Hall–Kier alpha value is -2.95. The molecule has 0 unspecified atom stereocenters. The fraction of sp³-hybridized carbons (Fsp3) is 0.318. The molecule has 0 bridgehead atoms. The highest BCUT2D eigenvalue weighted by atomic mass is 16.2. The Balaban J connectivity index is 1.23. The zero-order valence-electron chi connectivity index (χ0n) is 15.4. The maximum atomic E-state index is 12.7. The lowest BCUT2D eigenvalue weighted by Crippen LogP contribution is -2.50. The maximum absolute atomic E-state index is 12.7. The third-order valence-corrected chi connectivity index (χ3v) is 5.56. The average Bonchev–Trinajstić information content (AvgIpc) is 3.40. The lowest BCUT2D eigenvalue weighted by Gasteiger charge is -2.38. The van der Waals surface area contributed by atoms with Crippen LogP contribution >= 0.6 is 0 Å². The van der Waals surface area contributed by atoms with Crippen LogP contribution in [0.3, 0.4) is 0 Å². The molecular weight excluding hydrogens is 336 g/mol. The van der Waals surface area contributed by atoms with Gasteiger partial charge in [-0.1, -0.05) is 47.2 Å². The van der Waals surface area contributed by atoms with E-state index in [9.17, 15) is 4.79 Å². The van der Waals surface area contributed by atoms with Gasteiger partial charge in [-0.25, -0.2) is 4.68 Å². The number of amides is 1. The third kappa shape index (κ3) is 3.14. The van der Waals surface area contributed by atoms with Gasteiger partial charge in [0.15, 0.2) is 0 Å². The molecule has 0 atom stereocenters. The predicted octanol–water partition coefficient (Wildman–Crippen LogP) is 3.83. The first kappa shape index (κ1) is 16.2. The first-order valence-corrected chi connectivity index (χ1v) is 9.55. The van der Waals surface area contributed by atoms with Gasteiger partial charge in [-0.3, -0.25) is 4.79 Å². The summed E-state index contributed by atoms with van der Waals surface area (Å²) in [5.41, 5.74) is 5.38. The summed E-state index contributed by atoms with van der Waals surface area (Å²) in [5, 5.41) is 8.51. The van der Waals surface area contributed by atoms with Crippen LogP contribution in [0.5, 0.6) is 0 Å². The molecule has 1 aliphatic carbocycles. The van der Waals surface area contributed by atoms with Crippen molar-refractivity contribution in [1.82, 2.24) is 19.9 Å². The van der Waals surface area contributed by atoms with Gasteiger partial charge in [0.2, 0.25) is 0 Å². The molecule has 1 saturated carbocycles. The van der Waals surface area contributed by atoms with Crippen molar-refractivity contribution in [1.29, 1.82) is 0 Å². The molecule has 1 amide bonds. The van der Waals surface area contributed by atoms with Gasteiger partial charge in [-0.05, 0) is 43.0 Å². The largest absolute Gasteiger partial charge is 0.334 e. The van der Waals surface area contributed by atoms with Crippen molar-refractivity contribution in [2.75, 3.05) is 13.1 Å². The quantitative estimate of drug-likeness (QED) is 0.712. The molecule has 2 heterocycles. The summed E-state index contributed by atoms with van der Waals surface area (Å²) in [7, 11) is 0. The van der Waals surface area contributed by atoms with Crippen LogP contribution in [0.25, 0.3) is 11.1 Å². The summed E-state index contributed by atoms with van der Waals surface area (Å²) in [6, 6.07) is 16.6. The molecule has 136 valence electrons. The molecule has 0 spiro atoms. The number of hydrogen-bond donors (Lipinski definition) is 0. The lowest BCUT2D eigenvalue weighted by molar-refractivity contribution is 0.0498. The van der Waals surface area contributed by atoms with E-state index in [2.05, 4.69) is 47.7 Å². The summed E-state index contributed by atoms with van der Waals surface area (Å²) in [6.07, 6.45) is 4.51. The van der Waals surface area contributed by atoms with E-state index in [0.717, 1.165) is 16.8 Å². The highest BCUT2D eigenvalue weighted by molar-refractivity contribution is 5.95. The van der Waals surface area contributed by atoms with Crippen molar-refractivity contribution in [2.45, 2.75) is 31.7 Å². The maximum Gasteiger partial charge on any atom is 0.253 e. The molecule has 0 radical (unpaired) electrons. The second-order valence-electron chi connectivity index (χ2n) is 7.71. The first-order valence-electron chi connectivity index (χ1n) is 9.55. The van der Waals surface area contributed by atoms with Crippen molar-refractivity contribution in [3.63, 3.8) is 0 Å². The Morgan fingerprint density at radius 2 is 1.59 bits per heavy atom. The van der Waals surface area contributed by atoms with Gasteiger partial charge >= 0.3 is 0 Å². The highest BCUT2D eigenvalue weighted by Crippen LogP contribution is 2.39. The van der Waals surface area contributed by atoms with E-state index in [1.807, 2.05) is 33.8 Å². The lowest BCUT2D eigenvalue weighted by atomic mass is 10.0. The number of carbonyl (C=O) groups excluding carboxylic acids is 1. The summed E-state index contributed by atoms with van der Waals surface area (Å²) in [6.45, 7) is 3.48.